The van der Waals surface area contributed by atoms with Crippen LogP contribution in [0.5, 0.6) is 0 Å². The molecule has 0 unspecified atom stereocenters. The molecular weight excluding hydrogens is 370 g/mol. The second-order valence-electron chi connectivity index (χ2n) is 7.10. The molecule has 0 radical (unpaired) electrons. The van der Waals surface area contributed by atoms with Crippen molar-refractivity contribution in [1.82, 2.24) is 9.97 Å². The standard InChI is InChI=1S/C24H16F2N2O/c1-13-3-7-18-19-8-4-14(2)28-24(19)29-23(18)22(13)21-10-5-15(12-27-21)17-9-6-16(25)11-20(17)26/h3-12H,1-2H3. The number of fused-ring (bicyclic) bond motifs is 3. The van der Waals surface area contributed by atoms with Crippen LogP contribution in [-0.2, 0) is 0 Å². The Labute approximate surface area is 165 Å². The maximum atomic E-state index is 14.1. The van der Waals surface area contributed by atoms with E-state index < -0.39 is 11.6 Å². The lowest BCUT2D eigenvalue weighted by Gasteiger charge is -2.08. The van der Waals surface area contributed by atoms with E-state index in [4.69, 9.17) is 4.42 Å². The quantitative estimate of drug-likeness (QED) is 0.343. The van der Waals surface area contributed by atoms with Crippen LogP contribution in [-0.4, -0.2) is 9.97 Å². The smallest absolute Gasteiger partial charge is 0.227 e. The fraction of sp³-hybridized carbons (Fsp3) is 0.0833. The zero-order valence-electron chi connectivity index (χ0n) is 15.8. The lowest BCUT2D eigenvalue weighted by Crippen LogP contribution is -1.91. The third kappa shape index (κ3) is 2.86. The minimum atomic E-state index is -0.614. The molecule has 0 aliphatic heterocycles. The minimum Gasteiger partial charge on any atom is -0.437 e. The summed E-state index contributed by atoms with van der Waals surface area (Å²) in [6.07, 6.45) is 1.59. The average molecular weight is 386 g/mol. The predicted octanol–water partition coefficient (Wildman–Crippen LogP) is 6.61. The van der Waals surface area contributed by atoms with E-state index in [0.717, 1.165) is 44.9 Å². The summed E-state index contributed by atoms with van der Waals surface area (Å²) in [7, 11) is 0. The molecule has 142 valence electrons. The van der Waals surface area contributed by atoms with Crippen LogP contribution in [0, 0.1) is 25.5 Å². The lowest BCUT2D eigenvalue weighted by molar-refractivity contribution is 0.585. The summed E-state index contributed by atoms with van der Waals surface area (Å²) in [4.78, 5) is 9.04. The first-order chi connectivity index (χ1) is 14.0. The highest BCUT2D eigenvalue weighted by Gasteiger charge is 2.16. The second-order valence-corrected chi connectivity index (χ2v) is 7.10. The summed E-state index contributed by atoms with van der Waals surface area (Å²) < 4.78 is 33.4. The summed E-state index contributed by atoms with van der Waals surface area (Å²) >= 11 is 0. The van der Waals surface area contributed by atoms with Gasteiger partial charge in [0, 0.05) is 45.4 Å². The Bertz CT molecular complexity index is 1390. The molecule has 5 rings (SSSR count). The van der Waals surface area contributed by atoms with Gasteiger partial charge in [-0.3, -0.25) is 4.98 Å². The maximum absolute atomic E-state index is 14.1. The molecule has 0 bridgehead atoms. The molecule has 3 aromatic heterocycles. The van der Waals surface area contributed by atoms with Crippen molar-refractivity contribution in [2.75, 3.05) is 0 Å². The number of nitrogens with zero attached hydrogens (tertiary/aromatic N) is 2. The van der Waals surface area contributed by atoms with E-state index in [1.165, 1.54) is 12.1 Å². The van der Waals surface area contributed by atoms with Gasteiger partial charge in [0.05, 0.1) is 5.69 Å². The number of aryl methyl sites for hydroxylation is 2. The van der Waals surface area contributed by atoms with E-state index in [9.17, 15) is 8.78 Å². The molecule has 2 aromatic carbocycles. The number of aromatic nitrogens is 2. The normalized spacial score (nSPS) is 11.4. The van der Waals surface area contributed by atoms with Crippen LogP contribution in [0.2, 0.25) is 0 Å². The van der Waals surface area contributed by atoms with Crippen molar-refractivity contribution in [1.29, 1.82) is 0 Å². The number of rotatable bonds is 2. The van der Waals surface area contributed by atoms with Crippen LogP contribution >= 0.6 is 0 Å². The highest BCUT2D eigenvalue weighted by atomic mass is 19.1. The molecule has 0 saturated heterocycles. The van der Waals surface area contributed by atoms with Crippen LogP contribution in [0.25, 0.3) is 44.5 Å². The van der Waals surface area contributed by atoms with Gasteiger partial charge in [-0.1, -0.05) is 18.2 Å². The third-order valence-electron chi connectivity index (χ3n) is 5.12. The number of hydrogen-bond acceptors (Lipinski definition) is 3. The number of halogens is 2. The van der Waals surface area contributed by atoms with E-state index in [0.29, 0.717) is 16.8 Å². The first-order valence-corrected chi connectivity index (χ1v) is 9.22. The van der Waals surface area contributed by atoms with Crippen molar-refractivity contribution >= 4 is 22.1 Å². The van der Waals surface area contributed by atoms with Crippen LogP contribution in [0.3, 0.4) is 0 Å². The SMILES string of the molecule is Cc1ccc2c(n1)oc1c(-c3ccc(-c4ccc(F)cc4F)cn3)c(C)ccc12. The summed E-state index contributed by atoms with van der Waals surface area (Å²) in [6.45, 7) is 3.92. The Morgan fingerprint density at radius 2 is 1.69 bits per heavy atom. The zero-order valence-corrected chi connectivity index (χ0v) is 15.8. The van der Waals surface area contributed by atoms with Gasteiger partial charge in [0.2, 0.25) is 5.71 Å². The molecule has 3 nitrogen and oxygen atoms in total. The van der Waals surface area contributed by atoms with Crippen molar-refractivity contribution in [3.63, 3.8) is 0 Å². The van der Waals surface area contributed by atoms with E-state index in [-0.39, 0.29) is 0 Å². The fourth-order valence-corrected chi connectivity index (χ4v) is 3.65. The van der Waals surface area contributed by atoms with E-state index in [1.807, 2.05) is 44.2 Å². The van der Waals surface area contributed by atoms with Gasteiger partial charge in [-0.25, -0.2) is 13.8 Å². The first-order valence-electron chi connectivity index (χ1n) is 9.22. The van der Waals surface area contributed by atoms with Gasteiger partial charge in [-0.15, -0.1) is 0 Å². The summed E-state index contributed by atoms with van der Waals surface area (Å²) in [5.41, 5.74) is 5.71. The predicted molar refractivity (Wildman–Crippen MR) is 110 cm³/mol. The molecule has 0 atom stereocenters. The largest absolute Gasteiger partial charge is 0.437 e. The monoisotopic (exact) mass is 386 g/mol. The number of pyridine rings is 2. The topological polar surface area (TPSA) is 38.9 Å². The zero-order chi connectivity index (χ0) is 20.1. The Morgan fingerprint density at radius 1 is 0.862 bits per heavy atom. The molecule has 0 aliphatic carbocycles. The van der Waals surface area contributed by atoms with Crippen LogP contribution < -0.4 is 0 Å². The van der Waals surface area contributed by atoms with Crippen molar-refractivity contribution in [2.24, 2.45) is 0 Å². The number of furan rings is 1. The molecule has 0 N–H and O–H groups in total. The van der Waals surface area contributed by atoms with Crippen molar-refractivity contribution in [3.05, 3.63) is 83.7 Å². The molecule has 0 aliphatic rings. The average Bonchev–Trinajstić information content (AvgIpc) is 3.05. The second kappa shape index (κ2) is 6.48. The number of benzene rings is 2. The van der Waals surface area contributed by atoms with Gasteiger partial charge in [-0.05, 0) is 49.7 Å². The van der Waals surface area contributed by atoms with Gasteiger partial charge >= 0.3 is 0 Å². The molecule has 29 heavy (non-hydrogen) atoms. The van der Waals surface area contributed by atoms with Crippen molar-refractivity contribution in [2.45, 2.75) is 13.8 Å². The van der Waals surface area contributed by atoms with Gasteiger partial charge in [0.1, 0.15) is 17.2 Å². The van der Waals surface area contributed by atoms with Crippen molar-refractivity contribution < 1.29 is 13.2 Å². The summed E-state index contributed by atoms with van der Waals surface area (Å²) in [5.74, 6) is -1.22. The van der Waals surface area contributed by atoms with Gasteiger partial charge < -0.3 is 4.42 Å². The van der Waals surface area contributed by atoms with E-state index in [2.05, 4.69) is 9.97 Å². The van der Waals surface area contributed by atoms with Gasteiger partial charge in [0.15, 0.2) is 0 Å². The van der Waals surface area contributed by atoms with E-state index in [1.54, 1.807) is 12.3 Å². The molecule has 3 heterocycles. The van der Waals surface area contributed by atoms with Crippen LogP contribution in [0.1, 0.15) is 11.3 Å². The Balaban J connectivity index is 1.67. The Hall–Kier alpha value is -3.60. The molecule has 0 fully saturated rings. The van der Waals surface area contributed by atoms with E-state index >= 15 is 0 Å². The van der Waals surface area contributed by atoms with Crippen LogP contribution in [0.15, 0.2) is 65.2 Å². The molecule has 5 heteroatoms. The summed E-state index contributed by atoms with van der Waals surface area (Å²) in [5, 5.41) is 1.93. The lowest BCUT2D eigenvalue weighted by atomic mass is 10.00. The molecule has 0 spiro atoms. The molecule has 0 saturated carbocycles. The summed E-state index contributed by atoms with van der Waals surface area (Å²) in [6, 6.07) is 15.2. The Morgan fingerprint density at radius 3 is 2.45 bits per heavy atom. The van der Waals surface area contributed by atoms with Gasteiger partial charge in [0.25, 0.3) is 0 Å². The highest BCUT2D eigenvalue weighted by Crippen LogP contribution is 2.37. The first kappa shape index (κ1) is 17.5. The van der Waals surface area contributed by atoms with Crippen molar-refractivity contribution in [3.8, 4) is 22.4 Å². The fourth-order valence-electron chi connectivity index (χ4n) is 3.65. The molecule has 5 aromatic rings. The third-order valence-corrected chi connectivity index (χ3v) is 5.12. The maximum Gasteiger partial charge on any atom is 0.227 e. The number of hydrogen-bond donors (Lipinski definition) is 0. The highest BCUT2D eigenvalue weighted by molar-refractivity contribution is 6.09. The molecular formula is C24H16F2N2O. The molecule has 0 amide bonds. The Kier molecular flexibility index (Phi) is 3.91. The minimum absolute atomic E-state index is 0.309. The van der Waals surface area contributed by atoms with Crippen LogP contribution in [0.4, 0.5) is 8.78 Å². The van der Waals surface area contributed by atoms with Gasteiger partial charge in [-0.2, -0.15) is 0 Å².